The number of benzene rings is 1. The van der Waals surface area contributed by atoms with Crippen LogP contribution in [-0.2, 0) is 6.42 Å². The molecular weight excluding hydrogens is 192 g/mol. The molecular formula is C11H14N2O2. The quantitative estimate of drug-likeness (QED) is 0.672. The normalized spacial score (nSPS) is 19.3. The van der Waals surface area contributed by atoms with E-state index >= 15 is 0 Å². The number of rotatable bonds is 1. The minimum Gasteiger partial charge on any atom is -0.495 e. The third kappa shape index (κ3) is 1.52. The minimum atomic E-state index is -0.111. The van der Waals surface area contributed by atoms with E-state index in [2.05, 4.69) is 5.32 Å². The van der Waals surface area contributed by atoms with Crippen LogP contribution >= 0.6 is 0 Å². The molecule has 0 saturated heterocycles. The summed E-state index contributed by atoms with van der Waals surface area (Å²) in [5.74, 6) is 0.443. The molecule has 1 aliphatic rings. The highest BCUT2D eigenvalue weighted by molar-refractivity contribution is 6.03. The number of ether oxygens (including phenoxy) is 1. The molecule has 1 aliphatic heterocycles. The highest BCUT2D eigenvalue weighted by Gasteiger charge is 2.25. The molecule has 1 aromatic rings. The standard InChI is InChI=1S/C11H14N2O2/c1-6-5-7-3-4-8(15-2)10(12)9(7)11(14)13-6/h3-4,6H,5,12H2,1-2H3,(H,13,14)/t6-/m0/s1. The number of nitrogen functional groups attached to an aromatic ring is 1. The van der Waals surface area contributed by atoms with E-state index in [0.29, 0.717) is 17.0 Å². The number of nitrogens with one attached hydrogen (secondary N) is 1. The van der Waals surface area contributed by atoms with Gasteiger partial charge in [-0.3, -0.25) is 4.79 Å². The van der Waals surface area contributed by atoms with Gasteiger partial charge in [0, 0.05) is 6.04 Å². The number of hydrogen-bond acceptors (Lipinski definition) is 3. The van der Waals surface area contributed by atoms with Gasteiger partial charge in [-0.2, -0.15) is 0 Å². The van der Waals surface area contributed by atoms with E-state index in [0.717, 1.165) is 12.0 Å². The average molecular weight is 206 g/mol. The van der Waals surface area contributed by atoms with Gasteiger partial charge in [0.05, 0.1) is 18.4 Å². The predicted molar refractivity (Wildman–Crippen MR) is 58.0 cm³/mol. The molecule has 80 valence electrons. The summed E-state index contributed by atoms with van der Waals surface area (Å²) in [5.41, 5.74) is 7.85. The zero-order valence-corrected chi connectivity index (χ0v) is 8.83. The number of nitrogens with two attached hydrogens (primary N) is 1. The van der Waals surface area contributed by atoms with Gasteiger partial charge in [-0.05, 0) is 25.0 Å². The summed E-state index contributed by atoms with van der Waals surface area (Å²) in [5, 5.41) is 2.85. The topological polar surface area (TPSA) is 64.3 Å². The Labute approximate surface area is 88.4 Å². The second kappa shape index (κ2) is 3.46. The lowest BCUT2D eigenvalue weighted by Gasteiger charge is -2.24. The predicted octanol–water partition coefficient (Wildman–Crippen LogP) is 0.952. The van der Waals surface area contributed by atoms with Crippen LogP contribution in [0, 0.1) is 0 Å². The molecule has 15 heavy (non-hydrogen) atoms. The molecule has 4 heteroatoms. The van der Waals surface area contributed by atoms with Gasteiger partial charge >= 0.3 is 0 Å². The van der Waals surface area contributed by atoms with E-state index < -0.39 is 0 Å². The number of carbonyl (C=O) groups excluding carboxylic acids is 1. The molecule has 4 nitrogen and oxygen atoms in total. The molecule has 0 saturated carbocycles. The minimum absolute atomic E-state index is 0.111. The first kappa shape index (κ1) is 9.83. The van der Waals surface area contributed by atoms with Gasteiger partial charge < -0.3 is 15.8 Å². The third-order valence-corrected chi connectivity index (χ3v) is 2.64. The SMILES string of the molecule is COc1ccc2c(c1N)C(=O)N[C@@H](C)C2. The van der Waals surface area contributed by atoms with Crippen LogP contribution in [-0.4, -0.2) is 19.1 Å². The number of hydrogen-bond donors (Lipinski definition) is 2. The average Bonchev–Trinajstić information content (AvgIpc) is 2.17. The Morgan fingerprint density at radius 1 is 1.53 bits per heavy atom. The lowest BCUT2D eigenvalue weighted by atomic mass is 9.94. The summed E-state index contributed by atoms with van der Waals surface area (Å²) in [7, 11) is 1.54. The Morgan fingerprint density at radius 3 is 2.93 bits per heavy atom. The molecule has 0 spiro atoms. The number of anilines is 1. The molecule has 0 aliphatic carbocycles. The number of methoxy groups -OCH3 is 1. The van der Waals surface area contributed by atoms with Gasteiger partial charge in [-0.25, -0.2) is 0 Å². The van der Waals surface area contributed by atoms with Gasteiger partial charge in [0.1, 0.15) is 5.75 Å². The van der Waals surface area contributed by atoms with Crippen molar-refractivity contribution in [1.82, 2.24) is 5.32 Å². The fourth-order valence-electron chi connectivity index (χ4n) is 1.94. The van der Waals surface area contributed by atoms with E-state index in [4.69, 9.17) is 10.5 Å². The van der Waals surface area contributed by atoms with E-state index in [1.54, 1.807) is 13.2 Å². The number of amides is 1. The monoisotopic (exact) mass is 206 g/mol. The van der Waals surface area contributed by atoms with Gasteiger partial charge in [-0.15, -0.1) is 0 Å². The van der Waals surface area contributed by atoms with Crippen molar-refractivity contribution >= 4 is 11.6 Å². The number of fused-ring (bicyclic) bond motifs is 1. The molecule has 1 aromatic carbocycles. The summed E-state index contributed by atoms with van der Waals surface area (Å²) < 4.78 is 5.08. The highest BCUT2D eigenvalue weighted by Crippen LogP contribution is 2.30. The Bertz CT molecular complexity index is 415. The molecule has 1 amide bonds. The van der Waals surface area contributed by atoms with Crippen LogP contribution in [0.15, 0.2) is 12.1 Å². The van der Waals surface area contributed by atoms with Gasteiger partial charge in [0.15, 0.2) is 0 Å². The summed E-state index contributed by atoms with van der Waals surface area (Å²) in [6.07, 6.45) is 0.815. The van der Waals surface area contributed by atoms with Gasteiger partial charge in [0.25, 0.3) is 5.91 Å². The second-order valence-electron chi connectivity index (χ2n) is 3.79. The van der Waals surface area contributed by atoms with Crippen LogP contribution < -0.4 is 15.8 Å². The molecule has 1 atom stereocenters. The van der Waals surface area contributed by atoms with Crippen LogP contribution in [0.5, 0.6) is 5.75 Å². The van der Waals surface area contributed by atoms with Crippen LogP contribution in [0.3, 0.4) is 0 Å². The highest BCUT2D eigenvalue weighted by atomic mass is 16.5. The second-order valence-corrected chi connectivity index (χ2v) is 3.79. The summed E-state index contributed by atoms with van der Waals surface area (Å²) >= 11 is 0. The number of carbonyl (C=O) groups is 1. The summed E-state index contributed by atoms with van der Waals surface area (Å²) in [6, 6.07) is 3.87. The lowest BCUT2D eigenvalue weighted by Crippen LogP contribution is -2.39. The lowest BCUT2D eigenvalue weighted by molar-refractivity contribution is 0.0930. The van der Waals surface area contributed by atoms with Crippen molar-refractivity contribution in [3.05, 3.63) is 23.3 Å². The van der Waals surface area contributed by atoms with Crippen LogP contribution in [0.1, 0.15) is 22.8 Å². The Kier molecular flexibility index (Phi) is 2.26. The van der Waals surface area contributed by atoms with Crippen LogP contribution in [0.4, 0.5) is 5.69 Å². The van der Waals surface area contributed by atoms with Gasteiger partial charge in [0.2, 0.25) is 0 Å². The van der Waals surface area contributed by atoms with E-state index in [1.165, 1.54) is 0 Å². The summed E-state index contributed by atoms with van der Waals surface area (Å²) in [4.78, 5) is 11.7. The smallest absolute Gasteiger partial charge is 0.254 e. The van der Waals surface area contributed by atoms with E-state index in [9.17, 15) is 4.79 Å². The Morgan fingerprint density at radius 2 is 2.27 bits per heavy atom. The van der Waals surface area contributed by atoms with Crippen molar-refractivity contribution in [2.75, 3.05) is 12.8 Å². The van der Waals surface area contributed by atoms with Crippen molar-refractivity contribution in [3.63, 3.8) is 0 Å². The maximum absolute atomic E-state index is 11.7. The molecule has 0 bridgehead atoms. The van der Waals surface area contributed by atoms with Crippen molar-refractivity contribution in [2.24, 2.45) is 0 Å². The Hall–Kier alpha value is -1.71. The maximum Gasteiger partial charge on any atom is 0.254 e. The third-order valence-electron chi connectivity index (χ3n) is 2.64. The first-order valence-electron chi connectivity index (χ1n) is 4.89. The molecule has 1 heterocycles. The molecule has 0 radical (unpaired) electrons. The zero-order valence-electron chi connectivity index (χ0n) is 8.83. The summed E-state index contributed by atoms with van der Waals surface area (Å²) in [6.45, 7) is 1.97. The van der Waals surface area contributed by atoms with Crippen molar-refractivity contribution in [3.8, 4) is 5.75 Å². The maximum atomic E-state index is 11.7. The van der Waals surface area contributed by atoms with Crippen LogP contribution in [0.2, 0.25) is 0 Å². The fraction of sp³-hybridized carbons (Fsp3) is 0.364. The molecule has 3 N–H and O–H groups in total. The Balaban J connectivity index is 2.56. The first-order chi connectivity index (χ1) is 7.13. The largest absolute Gasteiger partial charge is 0.495 e. The molecule has 2 rings (SSSR count). The van der Waals surface area contributed by atoms with E-state index in [-0.39, 0.29) is 11.9 Å². The van der Waals surface area contributed by atoms with Crippen molar-refractivity contribution in [1.29, 1.82) is 0 Å². The van der Waals surface area contributed by atoms with Gasteiger partial charge in [-0.1, -0.05) is 6.07 Å². The van der Waals surface area contributed by atoms with Crippen molar-refractivity contribution in [2.45, 2.75) is 19.4 Å². The van der Waals surface area contributed by atoms with E-state index in [1.807, 2.05) is 13.0 Å². The van der Waals surface area contributed by atoms with Crippen molar-refractivity contribution < 1.29 is 9.53 Å². The molecule has 0 unspecified atom stereocenters. The first-order valence-corrected chi connectivity index (χ1v) is 4.89. The van der Waals surface area contributed by atoms with Crippen LogP contribution in [0.25, 0.3) is 0 Å². The molecule has 0 aromatic heterocycles. The zero-order chi connectivity index (χ0) is 11.0. The molecule has 0 fully saturated rings. The fourth-order valence-corrected chi connectivity index (χ4v) is 1.94.